The molecule has 1 amide bonds. The monoisotopic (exact) mass is 233 g/mol. The number of nitrogens with two attached hydrogens (primary N) is 1. The summed E-state index contributed by atoms with van der Waals surface area (Å²) < 4.78 is 0. The van der Waals surface area contributed by atoms with Gasteiger partial charge in [0.05, 0.1) is 0 Å². The van der Waals surface area contributed by atoms with Crippen molar-refractivity contribution in [3.63, 3.8) is 0 Å². The average molecular weight is 233 g/mol. The Kier molecular flexibility index (Phi) is 3.33. The summed E-state index contributed by atoms with van der Waals surface area (Å²) in [4.78, 5) is 14.1. The number of hydrogen-bond acceptors (Lipinski definition) is 3. The van der Waals surface area contributed by atoms with E-state index in [0.29, 0.717) is 11.8 Å². The molecule has 0 saturated carbocycles. The summed E-state index contributed by atoms with van der Waals surface area (Å²) in [5.74, 6) is 6.58. The van der Waals surface area contributed by atoms with Gasteiger partial charge in [0.2, 0.25) is 0 Å². The zero-order valence-electron chi connectivity index (χ0n) is 10.3. The quantitative estimate of drug-likeness (QED) is 0.604. The number of carbonyl (C=O) groups is 1. The smallest absolute Gasteiger partial charge is 0.253 e. The highest BCUT2D eigenvalue weighted by molar-refractivity contribution is 5.94. The van der Waals surface area contributed by atoms with E-state index in [4.69, 9.17) is 5.84 Å². The van der Waals surface area contributed by atoms with E-state index in [2.05, 4.69) is 19.3 Å². The number of nitrogens with one attached hydrogen (secondary N) is 1. The summed E-state index contributed by atoms with van der Waals surface area (Å²) in [6.07, 6.45) is 0. The highest BCUT2D eigenvalue weighted by Crippen LogP contribution is 2.23. The van der Waals surface area contributed by atoms with E-state index in [9.17, 15) is 4.79 Å². The van der Waals surface area contributed by atoms with Crippen molar-refractivity contribution in [2.45, 2.75) is 13.8 Å². The van der Waals surface area contributed by atoms with Gasteiger partial charge in [-0.3, -0.25) is 10.6 Å². The Hall–Kier alpha value is -1.55. The Morgan fingerprint density at radius 3 is 2.24 bits per heavy atom. The Morgan fingerprint density at radius 1 is 1.24 bits per heavy atom. The molecule has 0 spiro atoms. The van der Waals surface area contributed by atoms with Crippen LogP contribution in [0, 0.1) is 11.8 Å². The van der Waals surface area contributed by atoms with E-state index in [1.54, 1.807) is 0 Å². The molecule has 1 aromatic carbocycles. The molecule has 0 aromatic heterocycles. The summed E-state index contributed by atoms with van der Waals surface area (Å²) >= 11 is 0. The van der Waals surface area contributed by atoms with E-state index in [1.807, 2.05) is 29.2 Å². The Labute approximate surface area is 102 Å². The molecule has 2 unspecified atom stereocenters. The van der Waals surface area contributed by atoms with Crippen LogP contribution in [0.5, 0.6) is 0 Å². The first kappa shape index (κ1) is 11.9. The maximum absolute atomic E-state index is 12.2. The number of carbonyl (C=O) groups excluding carboxylic acids is 1. The number of likely N-dealkylation sites (tertiary alicyclic amines) is 1. The fourth-order valence-electron chi connectivity index (χ4n) is 2.19. The first-order valence-electron chi connectivity index (χ1n) is 5.97. The molecule has 3 N–H and O–H groups in total. The SMILES string of the molecule is CC1CN(C(=O)c2ccc(NN)cc2)CC1C. The third-order valence-electron chi connectivity index (χ3n) is 3.57. The van der Waals surface area contributed by atoms with Gasteiger partial charge in [-0.2, -0.15) is 0 Å². The number of amides is 1. The molecular formula is C13H19N3O. The maximum atomic E-state index is 12.2. The Balaban J connectivity index is 2.09. The van der Waals surface area contributed by atoms with Gasteiger partial charge < -0.3 is 10.3 Å². The highest BCUT2D eigenvalue weighted by Gasteiger charge is 2.29. The normalized spacial score (nSPS) is 23.8. The van der Waals surface area contributed by atoms with Crippen molar-refractivity contribution in [3.8, 4) is 0 Å². The number of hydrazine groups is 1. The third-order valence-corrected chi connectivity index (χ3v) is 3.57. The summed E-state index contributed by atoms with van der Waals surface area (Å²) in [5.41, 5.74) is 4.09. The zero-order chi connectivity index (χ0) is 12.4. The van der Waals surface area contributed by atoms with Crippen molar-refractivity contribution in [3.05, 3.63) is 29.8 Å². The van der Waals surface area contributed by atoms with Crippen molar-refractivity contribution >= 4 is 11.6 Å². The van der Waals surface area contributed by atoms with E-state index in [0.717, 1.165) is 24.3 Å². The molecule has 1 aromatic rings. The van der Waals surface area contributed by atoms with Gasteiger partial charge in [-0.05, 0) is 36.1 Å². The summed E-state index contributed by atoms with van der Waals surface area (Å²) in [6, 6.07) is 7.25. The van der Waals surface area contributed by atoms with E-state index >= 15 is 0 Å². The van der Waals surface area contributed by atoms with Gasteiger partial charge >= 0.3 is 0 Å². The number of rotatable bonds is 2. The number of hydrogen-bond donors (Lipinski definition) is 2. The molecule has 0 radical (unpaired) electrons. The number of anilines is 1. The third kappa shape index (κ3) is 2.42. The lowest BCUT2D eigenvalue weighted by Gasteiger charge is -2.16. The van der Waals surface area contributed by atoms with Gasteiger partial charge in [0.25, 0.3) is 5.91 Å². The minimum Gasteiger partial charge on any atom is -0.338 e. The topological polar surface area (TPSA) is 58.4 Å². The van der Waals surface area contributed by atoms with Gasteiger partial charge in [-0.1, -0.05) is 13.8 Å². The minimum absolute atomic E-state index is 0.116. The van der Waals surface area contributed by atoms with Crippen molar-refractivity contribution in [1.82, 2.24) is 4.90 Å². The molecule has 4 heteroatoms. The molecule has 1 saturated heterocycles. The van der Waals surface area contributed by atoms with Gasteiger partial charge in [-0.15, -0.1) is 0 Å². The number of nitrogen functional groups attached to an aromatic ring is 1. The molecular weight excluding hydrogens is 214 g/mol. The van der Waals surface area contributed by atoms with Crippen molar-refractivity contribution in [2.75, 3.05) is 18.5 Å². The second-order valence-corrected chi connectivity index (χ2v) is 4.89. The van der Waals surface area contributed by atoms with Crippen molar-refractivity contribution in [1.29, 1.82) is 0 Å². The standard InChI is InChI=1S/C13H19N3O/c1-9-7-16(8-10(9)2)13(17)11-3-5-12(15-14)6-4-11/h3-6,9-10,15H,7-8,14H2,1-2H3. The van der Waals surface area contributed by atoms with Crippen LogP contribution in [-0.2, 0) is 0 Å². The summed E-state index contributed by atoms with van der Waals surface area (Å²) in [6.45, 7) is 6.10. The van der Waals surface area contributed by atoms with Gasteiger partial charge in [0, 0.05) is 24.3 Å². The van der Waals surface area contributed by atoms with Crippen molar-refractivity contribution < 1.29 is 4.79 Å². The lowest BCUT2D eigenvalue weighted by atomic mass is 10.0. The fraction of sp³-hybridized carbons (Fsp3) is 0.462. The lowest BCUT2D eigenvalue weighted by Crippen LogP contribution is -2.28. The molecule has 17 heavy (non-hydrogen) atoms. The number of benzene rings is 1. The predicted molar refractivity (Wildman–Crippen MR) is 68.5 cm³/mol. The van der Waals surface area contributed by atoms with Crippen LogP contribution >= 0.6 is 0 Å². The molecule has 1 fully saturated rings. The van der Waals surface area contributed by atoms with Crippen LogP contribution in [0.25, 0.3) is 0 Å². The van der Waals surface area contributed by atoms with Crippen LogP contribution in [0.4, 0.5) is 5.69 Å². The second kappa shape index (κ2) is 4.75. The summed E-state index contributed by atoms with van der Waals surface area (Å²) in [7, 11) is 0. The average Bonchev–Trinajstić information content (AvgIpc) is 2.69. The molecule has 0 aliphatic carbocycles. The minimum atomic E-state index is 0.116. The highest BCUT2D eigenvalue weighted by atomic mass is 16.2. The molecule has 2 rings (SSSR count). The fourth-order valence-corrected chi connectivity index (χ4v) is 2.19. The lowest BCUT2D eigenvalue weighted by molar-refractivity contribution is 0.0785. The molecule has 4 nitrogen and oxygen atoms in total. The van der Waals surface area contributed by atoms with E-state index < -0.39 is 0 Å². The summed E-state index contributed by atoms with van der Waals surface area (Å²) in [5, 5.41) is 0. The largest absolute Gasteiger partial charge is 0.338 e. The van der Waals surface area contributed by atoms with Crippen LogP contribution < -0.4 is 11.3 Å². The maximum Gasteiger partial charge on any atom is 0.253 e. The number of nitrogens with zero attached hydrogens (tertiary/aromatic N) is 1. The second-order valence-electron chi connectivity index (χ2n) is 4.89. The molecule has 0 bridgehead atoms. The van der Waals surface area contributed by atoms with E-state index in [1.165, 1.54) is 0 Å². The molecule has 1 heterocycles. The molecule has 1 aliphatic heterocycles. The Bertz CT molecular complexity index is 392. The van der Waals surface area contributed by atoms with Crippen LogP contribution in [0.15, 0.2) is 24.3 Å². The first-order chi connectivity index (χ1) is 8.11. The van der Waals surface area contributed by atoms with E-state index in [-0.39, 0.29) is 5.91 Å². The predicted octanol–water partition coefficient (Wildman–Crippen LogP) is 1.70. The molecule has 92 valence electrons. The van der Waals surface area contributed by atoms with Crippen molar-refractivity contribution in [2.24, 2.45) is 17.7 Å². The van der Waals surface area contributed by atoms with Crippen LogP contribution in [0.2, 0.25) is 0 Å². The van der Waals surface area contributed by atoms with Crippen LogP contribution in [0.3, 0.4) is 0 Å². The van der Waals surface area contributed by atoms with Crippen LogP contribution in [0.1, 0.15) is 24.2 Å². The first-order valence-corrected chi connectivity index (χ1v) is 5.97. The Morgan fingerprint density at radius 2 is 1.76 bits per heavy atom. The van der Waals surface area contributed by atoms with Gasteiger partial charge in [-0.25, -0.2) is 0 Å². The molecule has 2 atom stereocenters. The van der Waals surface area contributed by atoms with Gasteiger partial charge in [0.1, 0.15) is 0 Å². The van der Waals surface area contributed by atoms with Gasteiger partial charge in [0.15, 0.2) is 0 Å². The molecule has 1 aliphatic rings. The zero-order valence-corrected chi connectivity index (χ0v) is 10.3. The van der Waals surface area contributed by atoms with Crippen LogP contribution in [-0.4, -0.2) is 23.9 Å².